The lowest BCUT2D eigenvalue weighted by Gasteiger charge is -2.27. The van der Waals surface area contributed by atoms with Crippen molar-refractivity contribution in [3.8, 4) is 0 Å². The molecule has 1 unspecified atom stereocenters. The Hall–Kier alpha value is -1.65. The highest BCUT2D eigenvalue weighted by atomic mass is 15.3. The Morgan fingerprint density at radius 3 is 2.52 bits per heavy atom. The summed E-state index contributed by atoms with van der Waals surface area (Å²) in [5.41, 5.74) is 11.0. The van der Waals surface area contributed by atoms with Gasteiger partial charge in [-0.25, -0.2) is 0 Å². The molecule has 0 aliphatic heterocycles. The molecule has 0 bridgehead atoms. The van der Waals surface area contributed by atoms with Gasteiger partial charge in [0.15, 0.2) is 0 Å². The maximum absolute atomic E-state index is 6.04. The largest absolute Gasteiger partial charge is 0.329 e. The second kappa shape index (κ2) is 6.87. The van der Waals surface area contributed by atoms with Crippen LogP contribution in [0.2, 0.25) is 0 Å². The van der Waals surface area contributed by atoms with Crippen molar-refractivity contribution >= 4 is 0 Å². The van der Waals surface area contributed by atoms with Gasteiger partial charge in [-0.05, 0) is 26.0 Å². The highest BCUT2D eigenvalue weighted by Gasteiger charge is 2.20. The van der Waals surface area contributed by atoms with Crippen LogP contribution in [0, 0.1) is 6.92 Å². The van der Waals surface area contributed by atoms with Crippen LogP contribution >= 0.6 is 0 Å². The van der Waals surface area contributed by atoms with E-state index in [-0.39, 0.29) is 6.04 Å². The first kappa shape index (κ1) is 15.7. The van der Waals surface area contributed by atoms with E-state index in [2.05, 4.69) is 61.4 Å². The van der Waals surface area contributed by atoms with Crippen LogP contribution in [0.1, 0.15) is 35.3 Å². The molecule has 21 heavy (non-hydrogen) atoms. The standard InChI is InChI=1S/C17H26N4/c1-5-16-15(12-21(4)19-16)17(10-18)20(3)11-14-8-6-13(2)7-9-14/h6-9,12,17H,5,10-11,18H2,1-4H3. The van der Waals surface area contributed by atoms with Crippen molar-refractivity contribution in [3.63, 3.8) is 0 Å². The predicted molar refractivity (Wildman–Crippen MR) is 87.0 cm³/mol. The first-order valence-corrected chi connectivity index (χ1v) is 7.53. The minimum Gasteiger partial charge on any atom is -0.329 e. The number of likely N-dealkylation sites (N-methyl/N-ethyl adjacent to an activating group) is 1. The van der Waals surface area contributed by atoms with Crippen LogP contribution in [-0.4, -0.2) is 28.3 Å². The number of aryl methyl sites for hydroxylation is 3. The van der Waals surface area contributed by atoms with Crippen molar-refractivity contribution in [3.05, 3.63) is 52.8 Å². The smallest absolute Gasteiger partial charge is 0.0670 e. The Morgan fingerprint density at radius 1 is 1.29 bits per heavy atom. The number of nitrogens with two attached hydrogens (primary N) is 1. The van der Waals surface area contributed by atoms with Gasteiger partial charge in [0.1, 0.15) is 0 Å². The summed E-state index contributed by atoms with van der Waals surface area (Å²) in [6.07, 6.45) is 3.03. The summed E-state index contributed by atoms with van der Waals surface area (Å²) < 4.78 is 1.89. The molecule has 0 saturated heterocycles. The second-order valence-electron chi connectivity index (χ2n) is 5.71. The zero-order chi connectivity index (χ0) is 15.4. The lowest BCUT2D eigenvalue weighted by molar-refractivity contribution is 0.240. The molecular formula is C17H26N4. The van der Waals surface area contributed by atoms with Gasteiger partial charge in [-0.15, -0.1) is 0 Å². The van der Waals surface area contributed by atoms with Gasteiger partial charge in [-0.3, -0.25) is 9.58 Å². The van der Waals surface area contributed by atoms with Crippen molar-refractivity contribution in [2.75, 3.05) is 13.6 Å². The van der Waals surface area contributed by atoms with Gasteiger partial charge in [0, 0.05) is 31.9 Å². The molecule has 2 rings (SSSR count). The van der Waals surface area contributed by atoms with Crippen LogP contribution in [-0.2, 0) is 20.0 Å². The fourth-order valence-electron chi connectivity index (χ4n) is 2.74. The molecule has 1 heterocycles. The minimum absolute atomic E-state index is 0.204. The third-order valence-corrected chi connectivity index (χ3v) is 3.94. The average molecular weight is 286 g/mol. The van der Waals surface area contributed by atoms with E-state index in [9.17, 15) is 0 Å². The Bertz CT molecular complexity index is 571. The van der Waals surface area contributed by atoms with Gasteiger partial charge < -0.3 is 5.73 Å². The van der Waals surface area contributed by atoms with Gasteiger partial charge in [0.2, 0.25) is 0 Å². The van der Waals surface area contributed by atoms with Crippen LogP contribution in [0.25, 0.3) is 0 Å². The van der Waals surface area contributed by atoms with Crippen molar-refractivity contribution in [2.45, 2.75) is 32.9 Å². The van der Waals surface area contributed by atoms with E-state index >= 15 is 0 Å². The molecule has 0 spiro atoms. The minimum atomic E-state index is 0.204. The average Bonchev–Trinajstić information content (AvgIpc) is 2.83. The van der Waals surface area contributed by atoms with Crippen LogP contribution in [0.4, 0.5) is 0 Å². The van der Waals surface area contributed by atoms with Crippen LogP contribution in [0.5, 0.6) is 0 Å². The van der Waals surface area contributed by atoms with E-state index < -0.39 is 0 Å². The van der Waals surface area contributed by atoms with E-state index in [1.165, 1.54) is 16.7 Å². The van der Waals surface area contributed by atoms with E-state index in [0.717, 1.165) is 18.7 Å². The lowest BCUT2D eigenvalue weighted by atomic mass is 10.0. The van der Waals surface area contributed by atoms with E-state index in [0.29, 0.717) is 6.54 Å². The number of aromatic nitrogens is 2. The van der Waals surface area contributed by atoms with Gasteiger partial charge in [0.05, 0.1) is 11.7 Å². The van der Waals surface area contributed by atoms with Crippen molar-refractivity contribution < 1.29 is 0 Å². The summed E-state index contributed by atoms with van der Waals surface area (Å²) in [7, 11) is 4.10. The summed E-state index contributed by atoms with van der Waals surface area (Å²) in [6, 6.07) is 8.88. The summed E-state index contributed by atoms with van der Waals surface area (Å²) in [6.45, 7) is 5.74. The fourth-order valence-corrected chi connectivity index (χ4v) is 2.74. The molecule has 4 heteroatoms. The van der Waals surface area contributed by atoms with Crippen LogP contribution in [0.3, 0.4) is 0 Å². The topological polar surface area (TPSA) is 47.1 Å². The molecule has 1 aromatic carbocycles. The molecule has 0 aliphatic carbocycles. The van der Waals surface area contributed by atoms with Gasteiger partial charge in [-0.1, -0.05) is 36.8 Å². The lowest BCUT2D eigenvalue weighted by Crippen LogP contribution is -2.30. The first-order valence-electron chi connectivity index (χ1n) is 7.53. The molecule has 2 N–H and O–H groups in total. The maximum Gasteiger partial charge on any atom is 0.0670 e. The van der Waals surface area contributed by atoms with Crippen molar-refractivity contribution in [1.82, 2.24) is 14.7 Å². The maximum atomic E-state index is 6.04. The van der Waals surface area contributed by atoms with E-state index in [1.54, 1.807) is 0 Å². The molecule has 0 radical (unpaired) electrons. The molecule has 0 aliphatic rings. The van der Waals surface area contributed by atoms with Crippen LogP contribution in [0.15, 0.2) is 30.5 Å². The number of rotatable bonds is 6. The number of nitrogens with zero attached hydrogens (tertiary/aromatic N) is 3. The monoisotopic (exact) mass is 286 g/mol. The van der Waals surface area contributed by atoms with Gasteiger partial charge in [-0.2, -0.15) is 5.10 Å². The van der Waals surface area contributed by atoms with E-state index in [1.807, 2.05) is 11.7 Å². The zero-order valence-corrected chi connectivity index (χ0v) is 13.5. The van der Waals surface area contributed by atoms with Crippen LogP contribution < -0.4 is 5.73 Å². The second-order valence-corrected chi connectivity index (χ2v) is 5.71. The predicted octanol–water partition coefficient (Wildman–Crippen LogP) is 2.42. The fraction of sp³-hybridized carbons (Fsp3) is 0.471. The molecule has 1 atom stereocenters. The molecule has 1 aromatic heterocycles. The van der Waals surface area contributed by atoms with Gasteiger partial charge >= 0.3 is 0 Å². The number of hydrogen-bond donors (Lipinski definition) is 1. The third-order valence-electron chi connectivity index (χ3n) is 3.94. The summed E-state index contributed by atoms with van der Waals surface area (Å²) in [5.74, 6) is 0. The molecule has 0 saturated carbocycles. The molecule has 0 amide bonds. The Labute approximate surface area is 127 Å². The van der Waals surface area contributed by atoms with E-state index in [4.69, 9.17) is 5.73 Å². The quantitative estimate of drug-likeness (QED) is 0.887. The van der Waals surface area contributed by atoms with Crippen molar-refractivity contribution in [2.24, 2.45) is 12.8 Å². The highest BCUT2D eigenvalue weighted by Crippen LogP contribution is 2.23. The molecular weight excluding hydrogens is 260 g/mol. The number of benzene rings is 1. The summed E-state index contributed by atoms with van der Waals surface area (Å²) in [4.78, 5) is 2.31. The SMILES string of the molecule is CCc1nn(C)cc1C(CN)N(C)Cc1ccc(C)cc1. The normalized spacial score (nSPS) is 12.9. The molecule has 114 valence electrons. The Balaban J connectivity index is 2.17. The molecule has 0 fully saturated rings. The third kappa shape index (κ3) is 3.71. The Kier molecular flexibility index (Phi) is 5.15. The number of hydrogen-bond acceptors (Lipinski definition) is 3. The van der Waals surface area contributed by atoms with Crippen molar-refractivity contribution in [1.29, 1.82) is 0 Å². The summed E-state index contributed by atoms with van der Waals surface area (Å²) >= 11 is 0. The first-order chi connectivity index (χ1) is 10.0. The highest BCUT2D eigenvalue weighted by molar-refractivity contribution is 5.24. The van der Waals surface area contributed by atoms with Gasteiger partial charge in [0.25, 0.3) is 0 Å². The Morgan fingerprint density at radius 2 is 1.95 bits per heavy atom. The summed E-state index contributed by atoms with van der Waals surface area (Å²) in [5, 5.41) is 4.53. The zero-order valence-electron chi connectivity index (χ0n) is 13.5. The molecule has 2 aromatic rings. The molecule has 4 nitrogen and oxygen atoms in total.